The Labute approximate surface area is 162 Å². The first-order valence-corrected chi connectivity index (χ1v) is 13.1. The number of imidazole rings is 1. The van der Waals surface area contributed by atoms with Crippen LogP contribution in [0.5, 0.6) is 0 Å². The van der Waals surface area contributed by atoms with Gasteiger partial charge in [0.1, 0.15) is 18.2 Å². The maximum absolute atomic E-state index is 12.1. The third-order valence-corrected chi connectivity index (χ3v) is 5.93. The van der Waals surface area contributed by atoms with Crippen LogP contribution in [0.2, 0.25) is 25.7 Å². The highest BCUT2D eigenvalue weighted by molar-refractivity contribution is 6.76. The molecule has 0 fully saturated rings. The molecular formula is C19H30N4O3Si. The van der Waals surface area contributed by atoms with Crippen molar-refractivity contribution in [1.29, 1.82) is 0 Å². The average molecular weight is 391 g/mol. The number of esters is 1. The van der Waals surface area contributed by atoms with E-state index in [1.54, 1.807) is 12.4 Å². The SMILES string of the molecule is CCCCc1ncc(-c2nccnc2C(=O)OC)n1COCC[Si](C)(C)C. The van der Waals surface area contributed by atoms with Gasteiger partial charge in [0.05, 0.1) is 19.0 Å². The summed E-state index contributed by atoms with van der Waals surface area (Å²) in [6.45, 7) is 10.2. The second-order valence-corrected chi connectivity index (χ2v) is 13.3. The monoisotopic (exact) mass is 390 g/mol. The number of methoxy groups -OCH3 is 1. The summed E-state index contributed by atoms with van der Waals surface area (Å²) in [7, 11) is 0.184. The van der Waals surface area contributed by atoms with Gasteiger partial charge in [-0.2, -0.15) is 0 Å². The fraction of sp³-hybridized carbons (Fsp3) is 0.579. The minimum atomic E-state index is -1.15. The van der Waals surface area contributed by atoms with E-state index in [-0.39, 0.29) is 5.69 Å². The summed E-state index contributed by atoms with van der Waals surface area (Å²) in [5, 5.41) is 0. The van der Waals surface area contributed by atoms with E-state index in [0.717, 1.165) is 36.8 Å². The fourth-order valence-corrected chi connectivity index (χ4v) is 3.34. The Bertz CT molecular complexity index is 756. The van der Waals surface area contributed by atoms with Crippen molar-refractivity contribution in [3.05, 3.63) is 30.1 Å². The minimum Gasteiger partial charge on any atom is -0.464 e. The van der Waals surface area contributed by atoms with E-state index in [0.29, 0.717) is 19.0 Å². The Morgan fingerprint density at radius 3 is 2.59 bits per heavy atom. The van der Waals surface area contributed by atoms with Crippen molar-refractivity contribution in [2.24, 2.45) is 0 Å². The predicted molar refractivity (Wildman–Crippen MR) is 107 cm³/mol. The summed E-state index contributed by atoms with van der Waals surface area (Å²) in [4.78, 5) is 25.2. The Kier molecular flexibility index (Phi) is 7.67. The Balaban J connectivity index is 2.31. The largest absolute Gasteiger partial charge is 0.464 e. The Morgan fingerprint density at radius 1 is 1.19 bits per heavy atom. The van der Waals surface area contributed by atoms with Gasteiger partial charge in [0, 0.05) is 33.5 Å². The van der Waals surface area contributed by atoms with Gasteiger partial charge in [0.15, 0.2) is 5.69 Å². The molecule has 2 aromatic rings. The van der Waals surface area contributed by atoms with Gasteiger partial charge < -0.3 is 14.0 Å². The number of nitrogens with zero attached hydrogens (tertiary/aromatic N) is 4. The van der Waals surface area contributed by atoms with Gasteiger partial charge in [-0.05, 0) is 12.5 Å². The molecule has 0 aliphatic heterocycles. The zero-order valence-electron chi connectivity index (χ0n) is 17.0. The average Bonchev–Trinajstić information content (AvgIpc) is 3.04. The van der Waals surface area contributed by atoms with E-state index in [1.165, 1.54) is 13.3 Å². The first-order chi connectivity index (χ1) is 12.9. The van der Waals surface area contributed by atoms with Gasteiger partial charge >= 0.3 is 5.97 Å². The van der Waals surface area contributed by atoms with Crippen molar-refractivity contribution in [2.45, 2.75) is 58.6 Å². The number of carbonyl (C=O) groups is 1. The van der Waals surface area contributed by atoms with Crippen molar-refractivity contribution in [2.75, 3.05) is 13.7 Å². The molecule has 0 aliphatic carbocycles. The van der Waals surface area contributed by atoms with Crippen LogP contribution in [-0.4, -0.2) is 47.3 Å². The highest BCUT2D eigenvalue weighted by atomic mass is 28.3. The molecule has 0 unspecified atom stereocenters. The smallest absolute Gasteiger partial charge is 0.359 e. The van der Waals surface area contributed by atoms with E-state index in [1.807, 2.05) is 4.57 Å². The zero-order chi connectivity index (χ0) is 19.9. The highest BCUT2D eigenvalue weighted by Gasteiger charge is 2.21. The summed E-state index contributed by atoms with van der Waals surface area (Å²) in [5.41, 5.74) is 1.38. The minimum absolute atomic E-state index is 0.185. The number of hydrogen-bond donors (Lipinski definition) is 0. The molecule has 2 rings (SSSR count). The zero-order valence-corrected chi connectivity index (χ0v) is 18.0. The van der Waals surface area contributed by atoms with Gasteiger partial charge in [-0.3, -0.25) is 4.98 Å². The maximum atomic E-state index is 12.1. The molecule has 0 amide bonds. The van der Waals surface area contributed by atoms with Crippen LogP contribution in [0.4, 0.5) is 0 Å². The third kappa shape index (κ3) is 5.97. The van der Waals surface area contributed by atoms with Crippen LogP contribution in [0.25, 0.3) is 11.4 Å². The van der Waals surface area contributed by atoms with E-state index in [4.69, 9.17) is 9.47 Å². The molecule has 148 valence electrons. The van der Waals surface area contributed by atoms with Crippen LogP contribution >= 0.6 is 0 Å². The molecule has 0 spiro atoms. The number of rotatable bonds is 10. The summed E-state index contributed by atoms with van der Waals surface area (Å²) in [6, 6.07) is 1.10. The molecule has 0 bridgehead atoms. The third-order valence-electron chi connectivity index (χ3n) is 4.23. The van der Waals surface area contributed by atoms with Gasteiger partial charge in [-0.25, -0.2) is 14.8 Å². The predicted octanol–water partition coefficient (Wildman–Crippen LogP) is 3.78. The molecule has 0 aliphatic rings. The molecule has 0 radical (unpaired) electrons. The molecule has 0 aromatic carbocycles. The Morgan fingerprint density at radius 2 is 1.93 bits per heavy atom. The number of aryl methyl sites for hydroxylation is 1. The van der Waals surface area contributed by atoms with Gasteiger partial charge in [-0.1, -0.05) is 33.0 Å². The molecule has 27 heavy (non-hydrogen) atoms. The lowest BCUT2D eigenvalue weighted by atomic mass is 10.2. The normalized spacial score (nSPS) is 11.6. The first-order valence-electron chi connectivity index (χ1n) is 9.39. The number of unbranched alkanes of at least 4 members (excludes halogenated alkanes) is 1. The van der Waals surface area contributed by atoms with Crippen molar-refractivity contribution < 1.29 is 14.3 Å². The van der Waals surface area contributed by atoms with Crippen LogP contribution < -0.4 is 0 Å². The second kappa shape index (κ2) is 9.75. The van der Waals surface area contributed by atoms with Crippen LogP contribution in [0.1, 0.15) is 36.1 Å². The number of hydrogen-bond acceptors (Lipinski definition) is 6. The van der Waals surface area contributed by atoms with Crippen molar-refractivity contribution in [1.82, 2.24) is 19.5 Å². The molecule has 0 N–H and O–H groups in total. The quantitative estimate of drug-likeness (QED) is 0.349. The maximum Gasteiger partial charge on any atom is 0.359 e. The number of aromatic nitrogens is 4. The topological polar surface area (TPSA) is 79.1 Å². The molecule has 2 aromatic heterocycles. The number of carbonyl (C=O) groups excluding carboxylic acids is 1. The summed E-state index contributed by atoms with van der Waals surface area (Å²) in [6.07, 6.45) is 7.76. The lowest BCUT2D eigenvalue weighted by molar-refractivity contribution is 0.0594. The summed E-state index contributed by atoms with van der Waals surface area (Å²) in [5.74, 6) is 0.418. The van der Waals surface area contributed by atoms with E-state index >= 15 is 0 Å². The standard InChI is InChI=1S/C19H30N4O3Si/c1-6-7-8-16-22-13-15(23(16)14-26-11-12-27(3,4)5)17-18(19(24)25-2)21-10-9-20-17/h9-10,13H,6-8,11-12,14H2,1-5H3. The van der Waals surface area contributed by atoms with Crippen LogP contribution in [-0.2, 0) is 22.6 Å². The highest BCUT2D eigenvalue weighted by Crippen LogP contribution is 2.23. The van der Waals surface area contributed by atoms with E-state index < -0.39 is 14.0 Å². The summed E-state index contributed by atoms with van der Waals surface area (Å²) < 4.78 is 12.8. The van der Waals surface area contributed by atoms with Crippen LogP contribution in [0, 0.1) is 0 Å². The van der Waals surface area contributed by atoms with Gasteiger partial charge in [0.25, 0.3) is 0 Å². The fourth-order valence-electron chi connectivity index (χ4n) is 2.59. The van der Waals surface area contributed by atoms with Crippen molar-refractivity contribution in [3.8, 4) is 11.4 Å². The molecule has 0 saturated carbocycles. The number of ether oxygens (including phenoxy) is 2. The lowest BCUT2D eigenvalue weighted by Gasteiger charge is -2.17. The molecule has 0 saturated heterocycles. The molecule has 0 atom stereocenters. The van der Waals surface area contributed by atoms with Crippen LogP contribution in [0.15, 0.2) is 18.6 Å². The summed E-state index contributed by atoms with van der Waals surface area (Å²) >= 11 is 0. The van der Waals surface area contributed by atoms with Crippen molar-refractivity contribution >= 4 is 14.0 Å². The van der Waals surface area contributed by atoms with E-state index in [9.17, 15) is 4.79 Å². The molecular weight excluding hydrogens is 360 g/mol. The van der Waals surface area contributed by atoms with Crippen molar-refractivity contribution in [3.63, 3.8) is 0 Å². The lowest BCUT2D eigenvalue weighted by Crippen LogP contribution is -2.22. The Hall–Kier alpha value is -2.06. The van der Waals surface area contributed by atoms with Crippen LogP contribution in [0.3, 0.4) is 0 Å². The van der Waals surface area contributed by atoms with Gasteiger partial charge in [-0.15, -0.1) is 0 Å². The second-order valence-electron chi connectivity index (χ2n) is 7.68. The van der Waals surface area contributed by atoms with Gasteiger partial charge in [0.2, 0.25) is 0 Å². The molecule has 2 heterocycles. The van der Waals surface area contributed by atoms with E-state index in [2.05, 4.69) is 41.5 Å². The molecule has 8 heteroatoms. The first kappa shape index (κ1) is 21.2. The molecule has 7 nitrogen and oxygen atoms in total.